The quantitative estimate of drug-likeness (QED) is 0.216. The summed E-state index contributed by atoms with van der Waals surface area (Å²) in [5.41, 5.74) is 4.23. The summed E-state index contributed by atoms with van der Waals surface area (Å²) < 4.78 is 20.0. The molecule has 4 N–H and O–H groups in total. The Balaban J connectivity index is 1.45. The monoisotopic (exact) mass is 575 g/mol. The molecule has 2 aromatic rings. The highest BCUT2D eigenvalue weighted by Gasteiger charge is 2.57. The van der Waals surface area contributed by atoms with Gasteiger partial charge in [0, 0.05) is 0 Å². The van der Waals surface area contributed by atoms with Crippen molar-refractivity contribution in [1.82, 2.24) is 0 Å². The summed E-state index contributed by atoms with van der Waals surface area (Å²) in [4.78, 5) is 28.8. The number of benzene rings is 2. The number of anilines is 1. The summed E-state index contributed by atoms with van der Waals surface area (Å²) in [6.07, 6.45) is 3.92. The van der Waals surface area contributed by atoms with E-state index in [2.05, 4.69) is 13.8 Å². The molecule has 0 unspecified atom stereocenters. The molecule has 2 fully saturated rings. The Morgan fingerprint density at radius 2 is 1.93 bits per heavy atom. The topological polar surface area (TPSA) is 128 Å². The van der Waals surface area contributed by atoms with E-state index in [4.69, 9.17) is 4.65 Å². The highest BCUT2D eigenvalue weighted by Crippen LogP contribution is 2.52. The first-order chi connectivity index (χ1) is 20.0. The third-order valence-corrected chi connectivity index (χ3v) is 8.89. The molecule has 2 heterocycles. The molecule has 0 aromatic heterocycles. The lowest BCUT2D eigenvalue weighted by atomic mass is 9.57. The Bertz CT molecular complexity index is 1440. The van der Waals surface area contributed by atoms with Crippen LogP contribution in [-0.2, 0) is 14.2 Å². The molecule has 2 aromatic carbocycles. The second kappa shape index (κ2) is 12.2. The van der Waals surface area contributed by atoms with Gasteiger partial charge in [-0.1, -0.05) is 56.2 Å². The molecule has 220 valence electrons. The van der Waals surface area contributed by atoms with Crippen LogP contribution in [0.4, 0.5) is 10.1 Å². The highest BCUT2D eigenvalue weighted by atomic mass is 19.1. The van der Waals surface area contributed by atoms with Gasteiger partial charge in [-0.15, -0.1) is 0 Å². The number of aromatic hydroxyl groups is 1. The van der Waals surface area contributed by atoms with Crippen molar-refractivity contribution in [3.8, 4) is 5.75 Å². The Kier molecular flexibility index (Phi) is 8.76. The lowest BCUT2D eigenvalue weighted by Crippen LogP contribution is -2.46. The Morgan fingerprint density at radius 3 is 2.60 bits per heavy atom. The SMILES string of the molecule is CC/C(=C\c1ccc(O)c(F)c1)CC[C@H]1OB(O)C[C@H]2C1=C(C(C)C)C[C@H]1C(=O)N(c3cccc(B(O)O)c3)C(=O)[C@H]12. The fourth-order valence-corrected chi connectivity index (χ4v) is 6.84. The zero-order valence-electron chi connectivity index (χ0n) is 24.0. The van der Waals surface area contributed by atoms with E-state index < -0.39 is 43.7 Å². The van der Waals surface area contributed by atoms with Crippen molar-refractivity contribution >= 4 is 43.3 Å². The fourth-order valence-electron chi connectivity index (χ4n) is 6.84. The minimum Gasteiger partial charge on any atom is -0.505 e. The lowest BCUT2D eigenvalue weighted by Gasteiger charge is -2.44. The van der Waals surface area contributed by atoms with Crippen molar-refractivity contribution in [3.63, 3.8) is 0 Å². The maximum Gasteiger partial charge on any atom is 0.488 e. The van der Waals surface area contributed by atoms with Crippen LogP contribution in [0.15, 0.2) is 59.2 Å². The molecule has 11 heteroatoms. The van der Waals surface area contributed by atoms with Crippen LogP contribution in [0, 0.1) is 29.5 Å². The first kappa shape index (κ1) is 30.2. The van der Waals surface area contributed by atoms with Crippen LogP contribution >= 0.6 is 0 Å². The third kappa shape index (κ3) is 5.71. The van der Waals surface area contributed by atoms with Crippen LogP contribution in [0.1, 0.15) is 52.0 Å². The van der Waals surface area contributed by atoms with Gasteiger partial charge in [0.1, 0.15) is 0 Å². The molecule has 8 nitrogen and oxygen atoms in total. The molecule has 1 aliphatic carbocycles. The summed E-state index contributed by atoms with van der Waals surface area (Å²) in [5, 5.41) is 39.6. The average molecular weight is 575 g/mol. The van der Waals surface area contributed by atoms with Crippen molar-refractivity contribution in [3.05, 3.63) is 70.6 Å². The lowest BCUT2D eigenvalue weighted by molar-refractivity contribution is -0.122. The second-order valence-electron chi connectivity index (χ2n) is 11.8. The van der Waals surface area contributed by atoms with Crippen LogP contribution in [0.5, 0.6) is 5.75 Å². The van der Waals surface area contributed by atoms with Gasteiger partial charge < -0.3 is 24.8 Å². The number of carbonyl (C=O) groups is 2. The maximum absolute atomic E-state index is 13.9. The van der Waals surface area contributed by atoms with Crippen molar-refractivity contribution in [2.45, 2.75) is 58.9 Å². The third-order valence-electron chi connectivity index (χ3n) is 8.89. The average Bonchev–Trinajstić information content (AvgIpc) is 3.21. The predicted octanol–water partition coefficient (Wildman–Crippen LogP) is 3.44. The van der Waals surface area contributed by atoms with E-state index in [-0.39, 0.29) is 35.4 Å². The maximum atomic E-state index is 13.9. The number of amides is 2. The largest absolute Gasteiger partial charge is 0.505 e. The normalized spacial score (nSPS) is 24.4. The summed E-state index contributed by atoms with van der Waals surface area (Å²) in [6.45, 7) is 6.13. The molecule has 0 bridgehead atoms. The van der Waals surface area contributed by atoms with Crippen molar-refractivity contribution in [2.75, 3.05) is 4.90 Å². The molecule has 0 radical (unpaired) electrons. The van der Waals surface area contributed by atoms with E-state index in [9.17, 15) is 34.2 Å². The van der Waals surface area contributed by atoms with Gasteiger partial charge in [-0.05, 0) is 84.7 Å². The van der Waals surface area contributed by atoms with Gasteiger partial charge in [0.25, 0.3) is 0 Å². The van der Waals surface area contributed by atoms with Crippen LogP contribution in [0.2, 0.25) is 6.32 Å². The molecule has 2 amide bonds. The van der Waals surface area contributed by atoms with E-state index in [0.29, 0.717) is 36.9 Å². The van der Waals surface area contributed by atoms with Gasteiger partial charge in [0.05, 0.1) is 23.6 Å². The molecule has 4 atom stereocenters. The van der Waals surface area contributed by atoms with Crippen LogP contribution < -0.4 is 10.4 Å². The molecule has 0 saturated carbocycles. The number of allylic oxidation sites excluding steroid dienone is 2. The molecule has 0 spiro atoms. The number of fused-ring (bicyclic) bond motifs is 3. The number of hydrogen-bond acceptors (Lipinski definition) is 7. The van der Waals surface area contributed by atoms with Gasteiger partial charge in [-0.25, -0.2) is 4.39 Å². The number of hydrogen-bond donors (Lipinski definition) is 4. The minimum atomic E-state index is -1.73. The molecule has 3 aliphatic rings. The van der Waals surface area contributed by atoms with E-state index in [1.54, 1.807) is 18.2 Å². The van der Waals surface area contributed by atoms with Crippen LogP contribution in [0.3, 0.4) is 0 Å². The number of imide groups is 1. The summed E-state index contributed by atoms with van der Waals surface area (Å²) in [6, 6.07) is 10.4. The van der Waals surface area contributed by atoms with E-state index >= 15 is 0 Å². The smallest absolute Gasteiger partial charge is 0.488 e. The predicted molar refractivity (Wildman–Crippen MR) is 159 cm³/mol. The molecular weight excluding hydrogens is 539 g/mol. The van der Waals surface area contributed by atoms with Crippen molar-refractivity contribution in [2.24, 2.45) is 23.7 Å². The van der Waals surface area contributed by atoms with Gasteiger partial charge in [0.15, 0.2) is 11.6 Å². The van der Waals surface area contributed by atoms with Crippen LogP contribution in [0.25, 0.3) is 6.08 Å². The van der Waals surface area contributed by atoms with Gasteiger partial charge in [0.2, 0.25) is 11.8 Å². The number of halogens is 1. The molecular formula is C31H36B2FNO7. The van der Waals surface area contributed by atoms with Gasteiger partial charge in [-0.2, -0.15) is 0 Å². The first-order valence-corrected chi connectivity index (χ1v) is 14.6. The Hall–Kier alpha value is -3.24. The number of phenolic OH excluding ortho intramolecular Hbond substituents is 1. The molecule has 5 rings (SSSR count). The molecule has 42 heavy (non-hydrogen) atoms. The van der Waals surface area contributed by atoms with E-state index in [1.807, 2.05) is 13.0 Å². The number of phenols is 1. The molecule has 2 saturated heterocycles. The van der Waals surface area contributed by atoms with E-state index in [0.717, 1.165) is 21.6 Å². The van der Waals surface area contributed by atoms with Gasteiger partial charge in [-0.3, -0.25) is 14.5 Å². The fraction of sp³-hybridized carbons (Fsp3) is 0.419. The van der Waals surface area contributed by atoms with Gasteiger partial charge >= 0.3 is 14.2 Å². The Labute approximate surface area is 245 Å². The summed E-state index contributed by atoms with van der Waals surface area (Å²) in [7, 11) is -2.83. The number of nitrogens with zero attached hydrogens (tertiary/aromatic N) is 1. The zero-order valence-corrected chi connectivity index (χ0v) is 24.0. The minimum absolute atomic E-state index is 0.0933. The molecule has 2 aliphatic heterocycles. The van der Waals surface area contributed by atoms with Crippen molar-refractivity contribution in [1.29, 1.82) is 0 Å². The standard InChI is InChI=1S/C31H36B2FNO7/c1-4-18(12-19-8-10-26(36)25(34)13-19)9-11-27-28-22(17(2)3)15-23-29(24(28)16-32(39)42-27)31(38)35(30(23)37)21-7-5-6-20(14-21)33(40)41/h5-8,10,12-14,17,23-24,27,29,36,39-41H,4,9,11,15-16H2,1-3H3/b18-12+/t23-,24+,27-,29-/m1/s1. The number of carbonyl (C=O) groups excluding carboxylic acids is 2. The summed E-state index contributed by atoms with van der Waals surface area (Å²) in [5.74, 6) is -3.26. The van der Waals surface area contributed by atoms with Crippen molar-refractivity contribution < 1.29 is 38.8 Å². The van der Waals surface area contributed by atoms with Crippen LogP contribution in [-0.4, -0.2) is 52.3 Å². The zero-order chi connectivity index (χ0) is 30.3. The first-order valence-electron chi connectivity index (χ1n) is 14.6. The number of rotatable bonds is 8. The Morgan fingerprint density at radius 1 is 1.17 bits per heavy atom. The highest BCUT2D eigenvalue weighted by molar-refractivity contribution is 6.58. The summed E-state index contributed by atoms with van der Waals surface area (Å²) >= 11 is 0. The van der Waals surface area contributed by atoms with E-state index in [1.165, 1.54) is 24.3 Å². The second-order valence-corrected chi connectivity index (χ2v) is 11.8.